The first kappa shape index (κ1) is 33.4. The number of amidine groups is 1. The molecule has 0 radical (unpaired) electrons. The molecule has 3 heterocycles. The summed E-state index contributed by atoms with van der Waals surface area (Å²) in [6.07, 6.45) is 1.81. The number of likely N-dealkylation sites (tertiary alicyclic amines) is 2. The number of piperidine rings is 2. The van der Waals surface area contributed by atoms with Gasteiger partial charge in [-0.05, 0) is 85.7 Å². The molecule has 0 aliphatic carbocycles. The van der Waals surface area contributed by atoms with Gasteiger partial charge in [-0.15, -0.1) is 0 Å². The highest BCUT2D eigenvalue weighted by Crippen LogP contribution is 2.37. The minimum absolute atomic E-state index is 0.000885. The number of hydrogen-bond donors (Lipinski definition) is 2. The van der Waals surface area contributed by atoms with Gasteiger partial charge in [-0.25, -0.2) is 9.59 Å². The summed E-state index contributed by atoms with van der Waals surface area (Å²) in [6.45, 7) is 12.5. The van der Waals surface area contributed by atoms with Crippen LogP contribution in [0.15, 0.2) is 0 Å². The van der Waals surface area contributed by atoms with E-state index in [1.165, 1.54) is 4.90 Å². The van der Waals surface area contributed by atoms with E-state index in [1.54, 1.807) is 39.5 Å². The second-order valence-corrected chi connectivity index (χ2v) is 12.6. The molecule has 0 aromatic rings. The van der Waals surface area contributed by atoms with Gasteiger partial charge in [0, 0.05) is 19.6 Å². The molecule has 3 rings (SSSR count). The molecule has 3 aliphatic heterocycles. The number of nitrogens with one attached hydrogen (secondary N) is 1. The minimum atomic E-state index is -0.895. The fourth-order valence-electron chi connectivity index (χ4n) is 6.00. The van der Waals surface area contributed by atoms with Crippen LogP contribution in [0.2, 0.25) is 0 Å². The number of nitrogens with zero attached hydrogens (tertiary/aromatic N) is 3. The van der Waals surface area contributed by atoms with Gasteiger partial charge in [0.1, 0.15) is 17.5 Å². The highest BCUT2D eigenvalue weighted by atomic mass is 16.6. The average molecular weight is 596 g/mol. The SMILES string of the molecule is CCOC(=O)CC1(C(=O)OCC)CCN(CC2CN(CCC3CCN(C(=O)OC(C)(C)C)C(C(=N)N)C3)C(=O)O2)CC1. The average Bonchev–Trinajstić information content (AvgIpc) is 3.26. The van der Waals surface area contributed by atoms with Gasteiger partial charge < -0.3 is 29.6 Å². The van der Waals surface area contributed by atoms with E-state index in [1.807, 2.05) is 0 Å². The standard InChI is InChI=1S/C29H49N5O8/c1-6-39-23(35)17-29(25(36)40-7-2)10-14-32(15-11-29)18-21-19-33(26(37)41-21)12-8-20-9-13-34(22(16-20)24(30)31)27(38)42-28(3,4)5/h20-22H,6-19H2,1-5H3,(H3,30,31). The molecular formula is C29H49N5O8. The molecule has 0 aromatic heterocycles. The number of carbonyl (C=O) groups is 4. The zero-order chi connectivity index (χ0) is 31.1. The van der Waals surface area contributed by atoms with Crippen LogP contribution in [-0.4, -0.2) is 115 Å². The van der Waals surface area contributed by atoms with Crippen molar-refractivity contribution in [3.8, 4) is 0 Å². The first-order valence-electron chi connectivity index (χ1n) is 15.1. The van der Waals surface area contributed by atoms with Gasteiger partial charge in [0.05, 0.1) is 37.6 Å². The van der Waals surface area contributed by atoms with Crippen molar-refractivity contribution in [1.29, 1.82) is 5.41 Å². The normalized spacial score (nSPS) is 24.6. The van der Waals surface area contributed by atoms with Crippen molar-refractivity contribution in [3.63, 3.8) is 0 Å². The maximum Gasteiger partial charge on any atom is 0.410 e. The van der Waals surface area contributed by atoms with Gasteiger partial charge in [0.15, 0.2) is 0 Å². The van der Waals surface area contributed by atoms with E-state index in [-0.39, 0.29) is 49.6 Å². The van der Waals surface area contributed by atoms with E-state index in [0.717, 1.165) is 6.42 Å². The molecule has 0 saturated carbocycles. The summed E-state index contributed by atoms with van der Waals surface area (Å²) in [7, 11) is 0. The van der Waals surface area contributed by atoms with Gasteiger partial charge in [-0.2, -0.15) is 0 Å². The van der Waals surface area contributed by atoms with E-state index >= 15 is 0 Å². The quantitative estimate of drug-likeness (QED) is 0.157. The van der Waals surface area contributed by atoms with Crippen molar-refractivity contribution in [2.75, 3.05) is 52.5 Å². The second kappa shape index (κ2) is 14.4. The number of rotatable bonds is 11. The lowest BCUT2D eigenvalue weighted by Gasteiger charge is -2.39. The highest BCUT2D eigenvalue weighted by Gasteiger charge is 2.46. The summed E-state index contributed by atoms with van der Waals surface area (Å²) in [4.78, 5) is 55.7. The number of amides is 2. The molecule has 238 valence electrons. The fraction of sp³-hybridized carbons (Fsp3) is 0.828. The zero-order valence-electron chi connectivity index (χ0n) is 25.8. The van der Waals surface area contributed by atoms with Gasteiger partial charge in [-0.3, -0.25) is 24.8 Å². The first-order valence-corrected chi connectivity index (χ1v) is 15.1. The molecule has 2 amide bonds. The Bertz CT molecular complexity index is 991. The van der Waals surface area contributed by atoms with E-state index < -0.39 is 29.1 Å². The third-order valence-electron chi connectivity index (χ3n) is 8.23. The van der Waals surface area contributed by atoms with Crippen molar-refractivity contribution >= 4 is 30.0 Å². The summed E-state index contributed by atoms with van der Waals surface area (Å²) in [6, 6.07) is -0.526. The summed E-state index contributed by atoms with van der Waals surface area (Å²) in [5, 5.41) is 8.02. The molecule has 13 nitrogen and oxygen atoms in total. The number of esters is 2. The van der Waals surface area contributed by atoms with Crippen LogP contribution in [0, 0.1) is 16.7 Å². The van der Waals surface area contributed by atoms with Crippen LogP contribution >= 0.6 is 0 Å². The van der Waals surface area contributed by atoms with Gasteiger partial charge in [0.2, 0.25) is 0 Å². The molecule has 13 heteroatoms. The number of nitrogens with two attached hydrogens (primary N) is 1. The van der Waals surface area contributed by atoms with Crippen molar-refractivity contribution in [1.82, 2.24) is 14.7 Å². The van der Waals surface area contributed by atoms with Crippen molar-refractivity contribution in [2.45, 2.75) is 90.9 Å². The molecule has 0 aromatic carbocycles. The highest BCUT2D eigenvalue weighted by molar-refractivity contribution is 5.86. The monoisotopic (exact) mass is 595 g/mol. The Morgan fingerprint density at radius 3 is 2.36 bits per heavy atom. The van der Waals surface area contributed by atoms with Crippen LogP contribution in [0.3, 0.4) is 0 Å². The Morgan fingerprint density at radius 1 is 1.10 bits per heavy atom. The lowest BCUT2D eigenvalue weighted by molar-refractivity contribution is -0.165. The molecule has 3 atom stereocenters. The molecule has 0 bridgehead atoms. The molecule has 0 spiro atoms. The summed E-state index contributed by atoms with van der Waals surface area (Å²) < 4.78 is 21.6. The Morgan fingerprint density at radius 2 is 1.76 bits per heavy atom. The lowest BCUT2D eigenvalue weighted by atomic mass is 9.75. The minimum Gasteiger partial charge on any atom is -0.466 e. The third-order valence-corrected chi connectivity index (χ3v) is 8.23. The first-order chi connectivity index (χ1) is 19.8. The molecule has 3 N–H and O–H groups in total. The predicted molar refractivity (Wildman–Crippen MR) is 154 cm³/mol. The molecule has 3 fully saturated rings. The van der Waals surface area contributed by atoms with E-state index in [4.69, 9.17) is 30.1 Å². The van der Waals surface area contributed by atoms with Gasteiger partial charge in [-0.1, -0.05) is 0 Å². The molecule has 3 unspecified atom stereocenters. The second-order valence-electron chi connectivity index (χ2n) is 12.6. The number of cyclic esters (lactones) is 1. The molecular weight excluding hydrogens is 546 g/mol. The smallest absolute Gasteiger partial charge is 0.410 e. The third kappa shape index (κ3) is 8.95. The zero-order valence-corrected chi connectivity index (χ0v) is 25.8. The molecule has 3 aliphatic rings. The maximum atomic E-state index is 12.8. The van der Waals surface area contributed by atoms with E-state index in [2.05, 4.69) is 4.90 Å². The predicted octanol–water partition coefficient (Wildman–Crippen LogP) is 2.75. The van der Waals surface area contributed by atoms with E-state index in [0.29, 0.717) is 65.0 Å². The Kier molecular flexibility index (Phi) is 11.4. The Labute approximate surface area is 248 Å². The Hall–Kier alpha value is -3.09. The van der Waals surface area contributed by atoms with Crippen LogP contribution in [-0.2, 0) is 28.5 Å². The van der Waals surface area contributed by atoms with E-state index in [9.17, 15) is 19.2 Å². The van der Waals surface area contributed by atoms with Crippen LogP contribution in [0.5, 0.6) is 0 Å². The molecule has 3 saturated heterocycles. The van der Waals surface area contributed by atoms with Crippen molar-refractivity contribution in [3.05, 3.63) is 0 Å². The van der Waals surface area contributed by atoms with Crippen molar-refractivity contribution in [2.24, 2.45) is 17.1 Å². The topological polar surface area (TPSA) is 165 Å². The van der Waals surface area contributed by atoms with Crippen molar-refractivity contribution < 1.29 is 38.1 Å². The lowest BCUT2D eigenvalue weighted by Crippen LogP contribution is -2.53. The summed E-state index contributed by atoms with van der Waals surface area (Å²) in [5.41, 5.74) is 4.32. The van der Waals surface area contributed by atoms with Crippen LogP contribution in [0.4, 0.5) is 9.59 Å². The van der Waals surface area contributed by atoms with Gasteiger partial charge >= 0.3 is 24.1 Å². The van der Waals surface area contributed by atoms with Gasteiger partial charge in [0.25, 0.3) is 0 Å². The number of ether oxygens (including phenoxy) is 4. The van der Waals surface area contributed by atoms with Crippen LogP contribution < -0.4 is 5.73 Å². The summed E-state index contributed by atoms with van der Waals surface area (Å²) >= 11 is 0. The summed E-state index contributed by atoms with van der Waals surface area (Å²) in [5.74, 6) is -0.631. The molecule has 42 heavy (non-hydrogen) atoms. The maximum absolute atomic E-state index is 12.8. The Balaban J connectivity index is 1.48. The number of hydrogen-bond acceptors (Lipinski definition) is 10. The number of carbonyl (C=O) groups excluding carboxylic acids is 4. The largest absolute Gasteiger partial charge is 0.466 e. The fourth-order valence-corrected chi connectivity index (χ4v) is 6.00. The van der Waals surface area contributed by atoms with Crippen LogP contribution in [0.1, 0.15) is 73.1 Å². The van der Waals surface area contributed by atoms with Crippen LogP contribution in [0.25, 0.3) is 0 Å².